The van der Waals surface area contributed by atoms with E-state index in [0.29, 0.717) is 31.5 Å². The van der Waals surface area contributed by atoms with Gasteiger partial charge >= 0.3 is 5.97 Å². The fraction of sp³-hybridized carbons (Fsp3) is 0.947. The number of aliphatic hydroxyl groups excluding tert-OH is 2. The van der Waals surface area contributed by atoms with E-state index in [9.17, 15) is 15.0 Å². The molecule has 146 valence electrons. The highest BCUT2D eigenvalue weighted by molar-refractivity contribution is 5.68. The van der Waals surface area contributed by atoms with Crippen LogP contribution in [0.15, 0.2) is 0 Å². The number of carbonyl (C=O) groups excluding carboxylic acids is 1. The summed E-state index contributed by atoms with van der Waals surface area (Å²) >= 11 is 0. The molecule has 6 atom stereocenters. The number of methoxy groups -OCH3 is 1. The molecule has 0 radical (unpaired) electrons. The Bertz CT molecular complexity index is 401. The summed E-state index contributed by atoms with van der Waals surface area (Å²) in [5.41, 5.74) is 0. The van der Waals surface area contributed by atoms with E-state index < -0.39 is 12.2 Å². The van der Waals surface area contributed by atoms with Gasteiger partial charge in [-0.1, -0.05) is 32.6 Å². The van der Waals surface area contributed by atoms with Crippen molar-refractivity contribution in [3.63, 3.8) is 0 Å². The summed E-state index contributed by atoms with van der Waals surface area (Å²) in [6.07, 6.45) is 7.93. The maximum absolute atomic E-state index is 11.0. The van der Waals surface area contributed by atoms with Gasteiger partial charge in [-0.15, -0.1) is 0 Å². The number of carbonyl (C=O) groups is 1. The van der Waals surface area contributed by atoms with Gasteiger partial charge in [0.2, 0.25) is 0 Å². The Morgan fingerprint density at radius 2 is 1.60 bits per heavy atom. The van der Waals surface area contributed by atoms with Crippen LogP contribution in [-0.2, 0) is 19.0 Å². The average Bonchev–Trinajstić information content (AvgIpc) is 3.52. The zero-order chi connectivity index (χ0) is 18.2. The molecule has 0 spiro atoms. The van der Waals surface area contributed by atoms with Gasteiger partial charge in [0.1, 0.15) is 0 Å². The molecule has 0 aliphatic carbocycles. The Labute approximate surface area is 150 Å². The highest BCUT2D eigenvalue weighted by atomic mass is 16.6. The van der Waals surface area contributed by atoms with Crippen LogP contribution in [0, 0.1) is 0 Å². The molecule has 2 rings (SSSR count). The molecule has 2 aliphatic rings. The molecule has 2 heterocycles. The summed E-state index contributed by atoms with van der Waals surface area (Å²) < 4.78 is 15.7. The van der Waals surface area contributed by atoms with Crippen molar-refractivity contribution >= 4 is 5.97 Å². The molecule has 2 fully saturated rings. The number of unbranched alkanes of at least 4 members (excludes halogenated alkanes) is 4. The van der Waals surface area contributed by atoms with Crippen molar-refractivity contribution in [2.75, 3.05) is 7.11 Å². The quantitative estimate of drug-likeness (QED) is 0.281. The summed E-state index contributed by atoms with van der Waals surface area (Å²) in [7, 11) is 1.41. The zero-order valence-corrected chi connectivity index (χ0v) is 15.6. The Kier molecular flexibility index (Phi) is 8.62. The van der Waals surface area contributed by atoms with Crippen molar-refractivity contribution in [2.45, 2.75) is 108 Å². The standard InChI is InChI=1S/C19H34O6/c1-3-15-17(24-15)12-18-16(25-18)11-14(21)13(20)9-7-5-4-6-8-10-19(22)23-2/h13-18,20-21H,3-12H2,1-2H3. The predicted molar refractivity (Wildman–Crippen MR) is 93.2 cm³/mol. The van der Waals surface area contributed by atoms with E-state index in [1.54, 1.807) is 0 Å². The van der Waals surface area contributed by atoms with E-state index in [2.05, 4.69) is 11.7 Å². The van der Waals surface area contributed by atoms with Crippen LogP contribution in [0.25, 0.3) is 0 Å². The number of esters is 1. The second-order valence-corrected chi connectivity index (χ2v) is 7.32. The topological polar surface area (TPSA) is 91.8 Å². The van der Waals surface area contributed by atoms with Crippen molar-refractivity contribution < 1.29 is 29.2 Å². The highest BCUT2D eigenvalue weighted by Crippen LogP contribution is 2.38. The van der Waals surface area contributed by atoms with Crippen LogP contribution in [0.3, 0.4) is 0 Å². The minimum atomic E-state index is -0.712. The van der Waals surface area contributed by atoms with Crippen molar-refractivity contribution in [3.05, 3.63) is 0 Å². The first-order valence-electron chi connectivity index (χ1n) is 9.79. The molecule has 0 bridgehead atoms. The molecule has 0 aromatic carbocycles. The van der Waals surface area contributed by atoms with Crippen molar-refractivity contribution in [3.8, 4) is 0 Å². The Hall–Kier alpha value is -0.690. The summed E-state index contributed by atoms with van der Waals surface area (Å²) in [6.45, 7) is 2.12. The number of hydrogen-bond acceptors (Lipinski definition) is 6. The second kappa shape index (κ2) is 10.5. The Balaban J connectivity index is 1.43. The van der Waals surface area contributed by atoms with Crippen LogP contribution in [-0.4, -0.2) is 59.9 Å². The minimum absolute atomic E-state index is 0.0738. The van der Waals surface area contributed by atoms with Gasteiger partial charge in [0.05, 0.1) is 43.7 Å². The van der Waals surface area contributed by atoms with Crippen LogP contribution >= 0.6 is 0 Å². The SMILES string of the molecule is CCC1OC1CC1OC1CC(O)C(O)CCCCCCCC(=O)OC. The summed E-state index contributed by atoms with van der Waals surface area (Å²) in [4.78, 5) is 11.0. The monoisotopic (exact) mass is 358 g/mol. The van der Waals surface area contributed by atoms with Crippen LogP contribution in [0.1, 0.15) is 71.1 Å². The third kappa shape index (κ3) is 7.60. The zero-order valence-electron chi connectivity index (χ0n) is 15.6. The van der Waals surface area contributed by atoms with Gasteiger partial charge in [0.15, 0.2) is 0 Å². The van der Waals surface area contributed by atoms with Gasteiger partial charge in [0, 0.05) is 19.3 Å². The van der Waals surface area contributed by atoms with E-state index >= 15 is 0 Å². The van der Waals surface area contributed by atoms with Gasteiger partial charge < -0.3 is 24.4 Å². The molecular weight excluding hydrogens is 324 g/mol. The Morgan fingerprint density at radius 1 is 0.960 bits per heavy atom. The average molecular weight is 358 g/mol. The van der Waals surface area contributed by atoms with Crippen molar-refractivity contribution in [2.24, 2.45) is 0 Å². The minimum Gasteiger partial charge on any atom is -0.469 e. The second-order valence-electron chi connectivity index (χ2n) is 7.32. The van der Waals surface area contributed by atoms with Gasteiger partial charge in [-0.05, 0) is 19.3 Å². The largest absolute Gasteiger partial charge is 0.469 e. The van der Waals surface area contributed by atoms with E-state index in [0.717, 1.165) is 44.9 Å². The first-order chi connectivity index (χ1) is 12.0. The lowest BCUT2D eigenvalue weighted by atomic mass is 9.99. The molecule has 6 unspecified atom stereocenters. The number of hydrogen-bond donors (Lipinski definition) is 2. The molecule has 2 N–H and O–H groups in total. The van der Waals surface area contributed by atoms with Crippen LogP contribution in [0.2, 0.25) is 0 Å². The third-order valence-corrected chi connectivity index (χ3v) is 5.27. The molecule has 0 aromatic rings. The van der Waals surface area contributed by atoms with Crippen molar-refractivity contribution in [1.29, 1.82) is 0 Å². The molecule has 0 aromatic heterocycles. The molecule has 25 heavy (non-hydrogen) atoms. The van der Waals surface area contributed by atoms with E-state index in [-0.39, 0.29) is 18.2 Å². The van der Waals surface area contributed by atoms with E-state index in [4.69, 9.17) is 9.47 Å². The first kappa shape index (κ1) is 20.6. The number of epoxide rings is 2. The van der Waals surface area contributed by atoms with Crippen LogP contribution < -0.4 is 0 Å². The maximum atomic E-state index is 11.0. The predicted octanol–water partition coefficient (Wildman–Crippen LogP) is 2.34. The lowest BCUT2D eigenvalue weighted by molar-refractivity contribution is -0.140. The fourth-order valence-corrected chi connectivity index (χ4v) is 3.41. The molecule has 6 heteroatoms. The van der Waals surface area contributed by atoms with Crippen molar-refractivity contribution in [1.82, 2.24) is 0 Å². The van der Waals surface area contributed by atoms with Gasteiger partial charge in [-0.25, -0.2) is 0 Å². The van der Waals surface area contributed by atoms with Gasteiger partial charge in [0.25, 0.3) is 0 Å². The molecular formula is C19H34O6. The van der Waals surface area contributed by atoms with E-state index in [1.165, 1.54) is 7.11 Å². The van der Waals surface area contributed by atoms with Crippen LogP contribution in [0.5, 0.6) is 0 Å². The number of aliphatic hydroxyl groups is 2. The van der Waals surface area contributed by atoms with E-state index in [1.807, 2.05) is 0 Å². The highest BCUT2D eigenvalue weighted by Gasteiger charge is 2.48. The normalized spacial score (nSPS) is 29.9. The maximum Gasteiger partial charge on any atom is 0.305 e. The molecule has 2 saturated heterocycles. The Morgan fingerprint density at radius 3 is 2.28 bits per heavy atom. The van der Waals surface area contributed by atoms with Crippen LogP contribution in [0.4, 0.5) is 0 Å². The first-order valence-corrected chi connectivity index (χ1v) is 9.79. The summed E-state index contributed by atoms with van der Waals surface area (Å²) in [6, 6.07) is 0. The fourth-order valence-electron chi connectivity index (χ4n) is 3.41. The number of ether oxygens (including phenoxy) is 3. The molecule has 2 aliphatic heterocycles. The third-order valence-electron chi connectivity index (χ3n) is 5.27. The smallest absolute Gasteiger partial charge is 0.305 e. The lowest BCUT2D eigenvalue weighted by Crippen LogP contribution is -2.27. The van der Waals surface area contributed by atoms with Gasteiger partial charge in [-0.2, -0.15) is 0 Å². The number of rotatable bonds is 14. The lowest BCUT2D eigenvalue weighted by Gasteiger charge is -2.16. The molecule has 0 amide bonds. The summed E-state index contributed by atoms with van der Waals surface area (Å²) in [5, 5.41) is 20.2. The molecule has 0 saturated carbocycles. The summed E-state index contributed by atoms with van der Waals surface area (Å²) in [5.74, 6) is -0.155. The molecule has 6 nitrogen and oxygen atoms in total. The van der Waals surface area contributed by atoms with Gasteiger partial charge in [-0.3, -0.25) is 4.79 Å².